The van der Waals surface area contributed by atoms with Crippen molar-refractivity contribution in [1.29, 1.82) is 0 Å². The molecule has 0 amide bonds. The van der Waals surface area contributed by atoms with Crippen LogP contribution < -0.4 is 14.2 Å². The van der Waals surface area contributed by atoms with Crippen molar-refractivity contribution in [2.75, 3.05) is 20.8 Å². The van der Waals surface area contributed by atoms with Crippen LogP contribution in [0.2, 0.25) is 0 Å². The number of hydrogen-bond acceptors (Lipinski definition) is 5. The first-order valence-corrected chi connectivity index (χ1v) is 6.32. The Hall–Kier alpha value is -1.95. The van der Waals surface area contributed by atoms with Crippen LogP contribution in [0.1, 0.15) is 24.8 Å². The Bertz CT molecular complexity index is 418. The zero-order valence-electron chi connectivity index (χ0n) is 11.7. The maximum Gasteiger partial charge on any atom is 0.303 e. The van der Waals surface area contributed by atoms with E-state index in [2.05, 4.69) is 0 Å². The van der Waals surface area contributed by atoms with Crippen LogP contribution in [0.3, 0.4) is 0 Å². The first-order chi connectivity index (χ1) is 9.62. The molecule has 0 radical (unpaired) electrons. The van der Waals surface area contributed by atoms with Crippen LogP contribution in [0.25, 0.3) is 0 Å². The summed E-state index contributed by atoms with van der Waals surface area (Å²) in [5.41, 5.74) is 0.664. The highest BCUT2D eigenvalue weighted by Gasteiger charge is 2.13. The fourth-order valence-corrected chi connectivity index (χ4v) is 1.72. The lowest BCUT2D eigenvalue weighted by atomic mass is 10.2. The molecule has 0 heterocycles. The van der Waals surface area contributed by atoms with E-state index in [0.29, 0.717) is 42.3 Å². The van der Waals surface area contributed by atoms with Crippen LogP contribution in [0, 0.1) is 0 Å². The van der Waals surface area contributed by atoms with Gasteiger partial charge in [-0.1, -0.05) is 0 Å². The third-order valence-corrected chi connectivity index (χ3v) is 2.73. The molecule has 0 aromatic heterocycles. The number of aliphatic carboxylic acids is 1. The lowest BCUT2D eigenvalue weighted by Crippen LogP contribution is -2.03. The van der Waals surface area contributed by atoms with E-state index in [9.17, 15) is 4.79 Å². The number of carbonyl (C=O) groups is 1. The number of methoxy groups -OCH3 is 2. The summed E-state index contributed by atoms with van der Waals surface area (Å²) < 4.78 is 16.0. The van der Waals surface area contributed by atoms with Crippen molar-refractivity contribution in [3.63, 3.8) is 0 Å². The number of carboxylic acids is 1. The highest BCUT2D eigenvalue weighted by atomic mass is 16.5. The third kappa shape index (κ3) is 4.62. The van der Waals surface area contributed by atoms with E-state index < -0.39 is 5.97 Å². The Morgan fingerprint density at radius 3 is 2.20 bits per heavy atom. The van der Waals surface area contributed by atoms with Gasteiger partial charge in [-0.05, 0) is 30.5 Å². The Morgan fingerprint density at radius 2 is 1.75 bits per heavy atom. The number of aliphatic hydroxyl groups is 1. The summed E-state index contributed by atoms with van der Waals surface area (Å²) >= 11 is 0. The molecule has 0 saturated heterocycles. The number of rotatable bonds is 9. The number of benzene rings is 1. The second-order valence-corrected chi connectivity index (χ2v) is 4.19. The summed E-state index contributed by atoms with van der Waals surface area (Å²) in [6, 6.07) is 3.35. The number of hydrogen-bond donors (Lipinski definition) is 2. The summed E-state index contributed by atoms with van der Waals surface area (Å²) in [6.07, 6.45) is 1.30. The van der Waals surface area contributed by atoms with E-state index in [1.165, 1.54) is 14.2 Å². The minimum atomic E-state index is -0.813. The summed E-state index contributed by atoms with van der Waals surface area (Å²) in [7, 11) is 3.01. The van der Waals surface area contributed by atoms with Crippen LogP contribution in [0.4, 0.5) is 0 Å². The van der Waals surface area contributed by atoms with Gasteiger partial charge in [0.05, 0.1) is 27.4 Å². The van der Waals surface area contributed by atoms with Crippen LogP contribution >= 0.6 is 0 Å². The van der Waals surface area contributed by atoms with E-state index in [0.717, 1.165) is 0 Å². The van der Waals surface area contributed by atoms with E-state index in [4.69, 9.17) is 24.4 Å². The molecular weight excluding hydrogens is 264 g/mol. The standard InChI is InChI=1S/C14H20O6/c1-18-11-7-10(9-15)8-12(19-2)14(11)20-6-4-3-5-13(16)17/h7-8,15H,3-6,9H2,1-2H3,(H,16,17). The number of aliphatic hydroxyl groups excluding tert-OH is 1. The fourth-order valence-electron chi connectivity index (χ4n) is 1.72. The minimum Gasteiger partial charge on any atom is -0.493 e. The maximum absolute atomic E-state index is 10.4. The minimum absolute atomic E-state index is 0.119. The fraction of sp³-hybridized carbons (Fsp3) is 0.500. The van der Waals surface area contributed by atoms with Crippen molar-refractivity contribution in [3.8, 4) is 17.2 Å². The Kier molecular flexibility index (Phi) is 6.66. The van der Waals surface area contributed by atoms with E-state index in [1.807, 2.05) is 0 Å². The quantitative estimate of drug-likeness (QED) is 0.673. The molecule has 0 bridgehead atoms. The van der Waals surface area contributed by atoms with Gasteiger partial charge < -0.3 is 24.4 Å². The molecule has 20 heavy (non-hydrogen) atoms. The molecule has 1 rings (SSSR count). The third-order valence-electron chi connectivity index (χ3n) is 2.73. The van der Waals surface area contributed by atoms with Gasteiger partial charge in [0.2, 0.25) is 5.75 Å². The largest absolute Gasteiger partial charge is 0.493 e. The lowest BCUT2D eigenvalue weighted by molar-refractivity contribution is -0.137. The van der Waals surface area contributed by atoms with Crippen LogP contribution in [-0.4, -0.2) is 37.0 Å². The molecule has 0 aliphatic rings. The monoisotopic (exact) mass is 284 g/mol. The molecule has 0 aliphatic heterocycles. The first kappa shape index (κ1) is 16.1. The SMILES string of the molecule is COc1cc(CO)cc(OC)c1OCCCCC(=O)O. The summed E-state index contributed by atoms with van der Waals surface area (Å²) in [5.74, 6) is 0.605. The number of ether oxygens (including phenoxy) is 3. The Balaban J connectivity index is 2.69. The molecule has 2 N–H and O–H groups in total. The molecule has 0 fully saturated rings. The molecule has 1 aromatic rings. The lowest BCUT2D eigenvalue weighted by Gasteiger charge is -2.15. The molecule has 0 atom stereocenters. The van der Waals surface area contributed by atoms with Gasteiger partial charge in [0.1, 0.15) is 0 Å². The van der Waals surface area contributed by atoms with E-state index in [-0.39, 0.29) is 13.0 Å². The first-order valence-electron chi connectivity index (χ1n) is 6.32. The summed E-state index contributed by atoms with van der Waals surface area (Å²) in [4.78, 5) is 10.4. The zero-order chi connectivity index (χ0) is 15.0. The van der Waals surface area contributed by atoms with E-state index >= 15 is 0 Å². The molecule has 112 valence electrons. The highest BCUT2D eigenvalue weighted by Crippen LogP contribution is 2.38. The van der Waals surface area contributed by atoms with Crippen molar-refractivity contribution in [2.45, 2.75) is 25.9 Å². The van der Waals surface area contributed by atoms with Crippen molar-refractivity contribution >= 4 is 5.97 Å². The van der Waals surface area contributed by atoms with E-state index in [1.54, 1.807) is 12.1 Å². The Labute approximate surface area is 117 Å². The molecule has 0 saturated carbocycles. The number of carboxylic acid groups (broad SMARTS) is 1. The topological polar surface area (TPSA) is 85.2 Å². The molecule has 0 spiro atoms. The van der Waals surface area contributed by atoms with Gasteiger partial charge in [0, 0.05) is 6.42 Å². The van der Waals surface area contributed by atoms with Gasteiger partial charge in [-0.25, -0.2) is 0 Å². The summed E-state index contributed by atoms with van der Waals surface area (Å²) in [6.45, 7) is 0.254. The van der Waals surface area contributed by atoms with Gasteiger partial charge in [-0.15, -0.1) is 0 Å². The van der Waals surface area contributed by atoms with Crippen molar-refractivity contribution in [1.82, 2.24) is 0 Å². The summed E-state index contributed by atoms with van der Waals surface area (Å²) in [5, 5.41) is 17.7. The number of unbranched alkanes of at least 4 members (excludes halogenated alkanes) is 1. The van der Waals surface area contributed by atoms with Crippen LogP contribution in [-0.2, 0) is 11.4 Å². The normalized spacial score (nSPS) is 10.2. The molecule has 0 unspecified atom stereocenters. The molecular formula is C14H20O6. The van der Waals surface area contributed by atoms with Gasteiger partial charge in [0.15, 0.2) is 11.5 Å². The van der Waals surface area contributed by atoms with Gasteiger partial charge in [-0.3, -0.25) is 4.79 Å². The second kappa shape index (κ2) is 8.27. The van der Waals surface area contributed by atoms with Crippen LogP contribution in [0.15, 0.2) is 12.1 Å². The van der Waals surface area contributed by atoms with Gasteiger partial charge in [-0.2, -0.15) is 0 Å². The smallest absolute Gasteiger partial charge is 0.303 e. The second-order valence-electron chi connectivity index (χ2n) is 4.19. The van der Waals surface area contributed by atoms with Crippen molar-refractivity contribution in [3.05, 3.63) is 17.7 Å². The van der Waals surface area contributed by atoms with Gasteiger partial charge >= 0.3 is 5.97 Å². The average molecular weight is 284 g/mol. The van der Waals surface area contributed by atoms with Crippen molar-refractivity contribution < 1.29 is 29.2 Å². The molecule has 1 aromatic carbocycles. The zero-order valence-corrected chi connectivity index (χ0v) is 11.7. The predicted octanol–water partition coefficient (Wildman–Crippen LogP) is 1.83. The molecule has 6 heteroatoms. The van der Waals surface area contributed by atoms with Crippen LogP contribution in [0.5, 0.6) is 17.2 Å². The average Bonchev–Trinajstić information content (AvgIpc) is 2.46. The van der Waals surface area contributed by atoms with Gasteiger partial charge in [0.25, 0.3) is 0 Å². The van der Waals surface area contributed by atoms with Crippen molar-refractivity contribution in [2.24, 2.45) is 0 Å². The maximum atomic E-state index is 10.4. The highest BCUT2D eigenvalue weighted by molar-refractivity contribution is 5.66. The molecule has 6 nitrogen and oxygen atoms in total. The predicted molar refractivity (Wildman–Crippen MR) is 72.5 cm³/mol. The Morgan fingerprint density at radius 1 is 1.15 bits per heavy atom. The molecule has 0 aliphatic carbocycles.